The minimum absolute atomic E-state index is 0.338. The zero-order valence-corrected chi connectivity index (χ0v) is 7.72. The van der Waals surface area contributed by atoms with Crippen molar-refractivity contribution in [2.24, 2.45) is 17.3 Å². The predicted octanol–water partition coefficient (Wildman–Crippen LogP) is 2.22. The monoisotopic (exact) mass is 154 g/mol. The maximum absolute atomic E-state index is 9.00. The molecule has 1 N–H and O–H groups in total. The van der Waals surface area contributed by atoms with Gasteiger partial charge in [-0.2, -0.15) is 0 Å². The first-order valence-corrected chi connectivity index (χ1v) is 4.25. The van der Waals surface area contributed by atoms with Gasteiger partial charge in [-0.15, -0.1) is 6.58 Å². The number of aliphatic hydroxyl groups excluding tert-OH is 1. The lowest BCUT2D eigenvalue weighted by molar-refractivity contribution is 0.255. The normalized spacial score (nSPS) is 33.5. The fourth-order valence-corrected chi connectivity index (χ4v) is 2.00. The fraction of sp³-hybridized carbons (Fsp3) is 0.800. The van der Waals surface area contributed by atoms with Gasteiger partial charge in [-0.25, -0.2) is 0 Å². The van der Waals surface area contributed by atoms with E-state index in [1.165, 1.54) is 5.57 Å². The molecule has 0 aliphatic heterocycles. The van der Waals surface area contributed by atoms with E-state index >= 15 is 0 Å². The molecular weight excluding hydrogens is 136 g/mol. The molecule has 1 saturated carbocycles. The van der Waals surface area contributed by atoms with Crippen LogP contribution in [0.2, 0.25) is 0 Å². The topological polar surface area (TPSA) is 20.2 Å². The van der Waals surface area contributed by atoms with Gasteiger partial charge in [0.05, 0.1) is 0 Å². The fourth-order valence-electron chi connectivity index (χ4n) is 2.00. The Morgan fingerprint density at radius 3 is 2.27 bits per heavy atom. The van der Waals surface area contributed by atoms with Crippen LogP contribution >= 0.6 is 0 Å². The Kier molecular flexibility index (Phi) is 2.10. The Morgan fingerprint density at radius 1 is 1.45 bits per heavy atom. The second kappa shape index (κ2) is 2.63. The van der Waals surface area contributed by atoms with E-state index in [0.29, 0.717) is 23.9 Å². The van der Waals surface area contributed by atoms with Crippen LogP contribution in [-0.4, -0.2) is 11.7 Å². The van der Waals surface area contributed by atoms with Gasteiger partial charge in [-0.1, -0.05) is 19.4 Å². The lowest BCUT2D eigenvalue weighted by Crippen LogP contribution is -1.93. The van der Waals surface area contributed by atoms with Crippen LogP contribution in [0.4, 0.5) is 0 Å². The van der Waals surface area contributed by atoms with E-state index in [9.17, 15) is 0 Å². The third-order valence-corrected chi connectivity index (χ3v) is 3.05. The molecular formula is C10H18O. The third-order valence-electron chi connectivity index (χ3n) is 3.05. The van der Waals surface area contributed by atoms with Gasteiger partial charge in [0.15, 0.2) is 0 Å². The first kappa shape index (κ1) is 8.79. The molecule has 64 valence electrons. The molecule has 0 unspecified atom stereocenters. The van der Waals surface area contributed by atoms with Crippen LogP contribution in [0.3, 0.4) is 0 Å². The zero-order chi connectivity index (χ0) is 8.65. The summed E-state index contributed by atoms with van der Waals surface area (Å²) in [5.74, 6) is 1.18. The molecule has 0 saturated heterocycles. The number of aliphatic hydroxyl groups is 1. The Morgan fingerprint density at radius 2 is 2.00 bits per heavy atom. The first-order valence-electron chi connectivity index (χ1n) is 4.25. The maximum Gasteiger partial charge on any atom is 0.0467 e. The Labute approximate surface area is 69.1 Å². The van der Waals surface area contributed by atoms with Crippen molar-refractivity contribution >= 4 is 0 Å². The maximum atomic E-state index is 9.00. The van der Waals surface area contributed by atoms with Crippen LogP contribution in [0, 0.1) is 17.3 Å². The Bertz CT molecular complexity index is 170. The van der Waals surface area contributed by atoms with Gasteiger partial charge in [-0.05, 0) is 30.6 Å². The molecule has 1 fully saturated rings. The van der Waals surface area contributed by atoms with Crippen molar-refractivity contribution in [3.63, 3.8) is 0 Å². The molecule has 0 aromatic carbocycles. The van der Waals surface area contributed by atoms with Crippen LogP contribution in [0.5, 0.6) is 0 Å². The summed E-state index contributed by atoms with van der Waals surface area (Å²) >= 11 is 0. The van der Waals surface area contributed by atoms with Crippen molar-refractivity contribution in [1.29, 1.82) is 0 Å². The van der Waals surface area contributed by atoms with E-state index < -0.39 is 0 Å². The molecule has 1 heteroatoms. The van der Waals surface area contributed by atoms with Crippen LogP contribution in [-0.2, 0) is 0 Å². The minimum Gasteiger partial charge on any atom is -0.396 e. The molecule has 1 aliphatic carbocycles. The average Bonchev–Trinajstić information content (AvgIpc) is 2.33. The van der Waals surface area contributed by atoms with E-state index in [0.717, 1.165) is 6.42 Å². The number of allylic oxidation sites excluding steroid dienone is 1. The summed E-state index contributed by atoms with van der Waals surface area (Å²) in [5.41, 5.74) is 1.59. The molecule has 0 aromatic rings. The first-order chi connectivity index (χ1) is 5.00. The largest absolute Gasteiger partial charge is 0.396 e. The van der Waals surface area contributed by atoms with Crippen LogP contribution in [0.15, 0.2) is 12.2 Å². The third kappa shape index (κ3) is 1.48. The van der Waals surface area contributed by atoms with Crippen molar-refractivity contribution in [2.45, 2.75) is 27.2 Å². The van der Waals surface area contributed by atoms with Crippen molar-refractivity contribution in [3.05, 3.63) is 12.2 Å². The summed E-state index contributed by atoms with van der Waals surface area (Å²) in [6, 6.07) is 0. The summed E-state index contributed by atoms with van der Waals surface area (Å²) in [6.45, 7) is 10.7. The minimum atomic E-state index is 0.338. The highest BCUT2D eigenvalue weighted by Gasteiger charge is 2.56. The lowest BCUT2D eigenvalue weighted by atomic mass is 10.1. The highest BCUT2D eigenvalue weighted by Crippen LogP contribution is 2.60. The van der Waals surface area contributed by atoms with Gasteiger partial charge in [0.2, 0.25) is 0 Å². The lowest BCUT2D eigenvalue weighted by Gasteiger charge is -2.00. The predicted molar refractivity (Wildman–Crippen MR) is 47.3 cm³/mol. The second-order valence-corrected chi connectivity index (χ2v) is 4.38. The van der Waals surface area contributed by atoms with Crippen molar-refractivity contribution in [2.75, 3.05) is 6.61 Å². The van der Waals surface area contributed by atoms with Crippen molar-refractivity contribution < 1.29 is 5.11 Å². The van der Waals surface area contributed by atoms with E-state index in [4.69, 9.17) is 5.11 Å². The molecule has 1 rings (SSSR count). The summed E-state index contributed by atoms with van der Waals surface area (Å²) in [4.78, 5) is 0. The summed E-state index contributed by atoms with van der Waals surface area (Å²) in [5, 5.41) is 9.00. The van der Waals surface area contributed by atoms with Gasteiger partial charge in [0.1, 0.15) is 0 Å². The number of hydrogen-bond donors (Lipinski definition) is 1. The molecule has 0 spiro atoms. The highest BCUT2D eigenvalue weighted by molar-refractivity contribution is 5.09. The SMILES string of the molecule is C=C(C)C[C@@H]1[C@H](CO)C1(C)C. The second-order valence-electron chi connectivity index (χ2n) is 4.38. The molecule has 2 atom stereocenters. The summed E-state index contributed by atoms with van der Waals surface area (Å²) in [6.07, 6.45) is 1.08. The molecule has 0 bridgehead atoms. The van der Waals surface area contributed by atoms with Crippen LogP contribution in [0.1, 0.15) is 27.2 Å². The zero-order valence-electron chi connectivity index (χ0n) is 7.72. The Balaban J connectivity index is 2.46. The van der Waals surface area contributed by atoms with E-state index in [2.05, 4.69) is 27.4 Å². The van der Waals surface area contributed by atoms with E-state index in [-0.39, 0.29) is 0 Å². The molecule has 0 heterocycles. The molecule has 0 radical (unpaired) electrons. The molecule has 1 nitrogen and oxygen atoms in total. The van der Waals surface area contributed by atoms with Crippen molar-refractivity contribution in [3.8, 4) is 0 Å². The highest BCUT2D eigenvalue weighted by atomic mass is 16.3. The molecule has 0 amide bonds. The van der Waals surface area contributed by atoms with E-state index in [1.54, 1.807) is 0 Å². The van der Waals surface area contributed by atoms with Gasteiger partial charge in [-0.3, -0.25) is 0 Å². The Hall–Kier alpha value is -0.300. The van der Waals surface area contributed by atoms with Crippen LogP contribution in [0.25, 0.3) is 0 Å². The number of hydrogen-bond acceptors (Lipinski definition) is 1. The standard InChI is InChI=1S/C10H18O/c1-7(2)5-8-9(6-11)10(8,3)4/h8-9,11H,1,5-6H2,2-4H3/t8-,9+/m1/s1. The van der Waals surface area contributed by atoms with E-state index in [1.807, 2.05) is 0 Å². The summed E-state index contributed by atoms with van der Waals surface area (Å²) < 4.78 is 0. The molecule has 1 aliphatic rings. The summed E-state index contributed by atoms with van der Waals surface area (Å²) in [7, 11) is 0. The average molecular weight is 154 g/mol. The van der Waals surface area contributed by atoms with Crippen molar-refractivity contribution in [1.82, 2.24) is 0 Å². The van der Waals surface area contributed by atoms with Gasteiger partial charge < -0.3 is 5.11 Å². The number of rotatable bonds is 3. The molecule has 11 heavy (non-hydrogen) atoms. The van der Waals surface area contributed by atoms with Gasteiger partial charge in [0, 0.05) is 6.61 Å². The van der Waals surface area contributed by atoms with Gasteiger partial charge in [0.25, 0.3) is 0 Å². The van der Waals surface area contributed by atoms with Gasteiger partial charge >= 0.3 is 0 Å². The molecule has 0 aromatic heterocycles. The smallest absolute Gasteiger partial charge is 0.0467 e. The quantitative estimate of drug-likeness (QED) is 0.618. The van der Waals surface area contributed by atoms with Crippen LogP contribution < -0.4 is 0 Å².